The van der Waals surface area contributed by atoms with Crippen molar-refractivity contribution in [2.45, 2.75) is 51.6 Å². The number of hydrogen-bond acceptors (Lipinski definition) is 3. The molecule has 0 saturated heterocycles. The minimum absolute atomic E-state index is 0.0724. The molecule has 1 fully saturated rings. The molecular weight excluding hydrogens is 283 g/mol. The quantitative estimate of drug-likeness (QED) is 0.884. The van der Waals surface area contributed by atoms with Gasteiger partial charge in [0.15, 0.2) is 0 Å². The number of nitrogens with one attached hydrogen (secondary N) is 1. The van der Waals surface area contributed by atoms with Gasteiger partial charge in [0.1, 0.15) is 10.8 Å². The molecule has 0 atom stereocenters. The fraction of sp³-hybridized carbons (Fsp3) is 0.471. The van der Waals surface area contributed by atoms with E-state index in [1.807, 2.05) is 12.1 Å². The maximum absolute atomic E-state index is 14.0. The second-order valence-electron chi connectivity index (χ2n) is 6.69. The SMILES string of the molecule is CC(C)(C)NCc1sc(-c2ccccc2F)nc1C1CC1. The van der Waals surface area contributed by atoms with E-state index in [1.165, 1.54) is 29.5 Å². The lowest BCUT2D eigenvalue weighted by Crippen LogP contribution is -2.35. The van der Waals surface area contributed by atoms with Crippen LogP contribution >= 0.6 is 11.3 Å². The van der Waals surface area contributed by atoms with Crippen LogP contribution in [-0.4, -0.2) is 10.5 Å². The maximum Gasteiger partial charge on any atom is 0.133 e. The molecular formula is C17H21FN2S. The molecule has 0 unspecified atom stereocenters. The zero-order valence-electron chi connectivity index (χ0n) is 12.7. The van der Waals surface area contributed by atoms with Crippen molar-refractivity contribution in [2.75, 3.05) is 0 Å². The van der Waals surface area contributed by atoms with Gasteiger partial charge in [-0.25, -0.2) is 9.37 Å². The zero-order chi connectivity index (χ0) is 15.0. The molecule has 0 bridgehead atoms. The number of halogens is 1. The first-order chi connectivity index (χ1) is 9.94. The molecule has 1 aromatic heterocycles. The Hall–Kier alpha value is -1.26. The van der Waals surface area contributed by atoms with Gasteiger partial charge in [-0.2, -0.15) is 0 Å². The highest BCUT2D eigenvalue weighted by Gasteiger charge is 2.30. The Labute approximate surface area is 129 Å². The summed E-state index contributed by atoms with van der Waals surface area (Å²) < 4.78 is 14.0. The first-order valence-electron chi connectivity index (χ1n) is 7.43. The summed E-state index contributed by atoms with van der Waals surface area (Å²) in [5, 5.41) is 4.32. The molecule has 2 aromatic rings. The summed E-state index contributed by atoms with van der Waals surface area (Å²) in [5.41, 5.74) is 1.87. The van der Waals surface area contributed by atoms with Crippen LogP contribution in [0.25, 0.3) is 10.6 Å². The van der Waals surface area contributed by atoms with Crippen molar-refractivity contribution in [3.8, 4) is 10.6 Å². The molecule has 1 heterocycles. The monoisotopic (exact) mass is 304 g/mol. The van der Waals surface area contributed by atoms with Crippen LogP contribution in [-0.2, 0) is 6.54 Å². The van der Waals surface area contributed by atoms with Gasteiger partial charge < -0.3 is 5.32 Å². The highest BCUT2D eigenvalue weighted by molar-refractivity contribution is 7.15. The van der Waals surface area contributed by atoms with E-state index in [0.29, 0.717) is 11.5 Å². The summed E-state index contributed by atoms with van der Waals surface area (Å²) in [6.45, 7) is 7.27. The fourth-order valence-electron chi connectivity index (χ4n) is 2.26. The molecule has 0 spiro atoms. The van der Waals surface area contributed by atoms with E-state index in [4.69, 9.17) is 4.98 Å². The normalized spacial score (nSPS) is 15.4. The van der Waals surface area contributed by atoms with Crippen LogP contribution in [0.3, 0.4) is 0 Å². The van der Waals surface area contributed by atoms with Gasteiger partial charge in [-0.05, 0) is 45.7 Å². The number of nitrogens with zero attached hydrogens (tertiary/aromatic N) is 1. The average molecular weight is 304 g/mol. The van der Waals surface area contributed by atoms with Gasteiger partial charge >= 0.3 is 0 Å². The lowest BCUT2D eigenvalue weighted by Gasteiger charge is -2.20. The topological polar surface area (TPSA) is 24.9 Å². The first kappa shape index (κ1) is 14.7. The second-order valence-corrected chi connectivity index (χ2v) is 7.77. The maximum atomic E-state index is 14.0. The van der Waals surface area contributed by atoms with Crippen molar-refractivity contribution in [3.63, 3.8) is 0 Å². The number of thiazole rings is 1. The Morgan fingerprint density at radius 2 is 2.00 bits per heavy atom. The molecule has 2 nitrogen and oxygen atoms in total. The first-order valence-corrected chi connectivity index (χ1v) is 8.25. The highest BCUT2D eigenvalue weighted by atomic mass is 32.1. The summed E-state index contributed by atoms with van der Waals surface area (Å²) in [4.78, 5) is 6.00. The van der Waals surface area contributed by atoms with Crippen LogP contribution in [0, 0.1) is 5.82 Å². The minimum Gasteiger partial charge on any atom is -0.307 e. The third-order valence-corrected chi connectivity index (χ3v) is 4.68. The van der Waals surface area contributed by atoms with Crippen molar-refractivity contribution < 1.29 is 4.39 Å². The molecule has 0 radical (unpaired) electrons. The molecule has 1 aliphatic rings. The molecule has 3 rings (SSSR count). The molecule has 1 aliphatic carbocycles. The van der Waals surface area contributed by atoms with Crippen molar-refractivity contribution in [2.24, 2.45) is 0 Å². The van der Waals surface area contributed by atoms with Gasteiger partial charge in [0.25, 0.3) is 0 Å². The third kappa shape index (κ3) is 3.50. The molecule has 21 heavy (non-hydrogen) atoms. The number of hydrogen-bond donors (Lipinski definition) is 1. The Kier molecular flexibility index (Phi) is 3.84. The Balaban J connectivity index is 1.91. The molecule has 0 amide bonds. The van der Waals surface area contributed by atoms with Crippen molar-refractivity contribution >= 4 is 11.3 Å². The van der Waals surface area contributed by atoms with Crippen LogP contribution in [0.2, 0.25) is 0 Å². The van der Waals surface area contributed by atoms with Crippen LogP contribution < -0.4 is 5.32 Å². The van der Waals surface area contributed by atoms with E-state index in [1.54, 1.807) is 17.4 Å². The largest absolute Gasteiger partial charge is 0.307 e. The summed E-state index contributed by atoms with van der Waals surface area (Å²) in [5.74, 6) is 0.391. The van der Waals surface area contributed by atoms with Gasteiger partial charge in [0, 0.05) is 28.4 Å². The molecule has 1 N–H and O–H groups in total. The molecule has 1 aromatic carbocycles. The van der Waals surface area contributed by atoms with Crippen LogP contribution in [0.1, 0.15) is 50.1 Å². The van der Waals surface area contributed by atoms with E-state index in [9.17, 15) is 4.39 Å². The third-order valence-electron chi connectivity index (χ3n) is 3.58. The van der Waals surface area contributed by atoms with E-state index < -0.39 is 0 Å². The fourth-order valence-corrected chi connectivity index (χ4v) is 3.38. The van der Waals surface area contributed by atoms with Crippen LogP contribution in [0.5, 0.6) is 0 Å². The lowest BCUT2D eigenvalue weighted by atomic mass is 10.1. The van der Waals surface area contributed by atoms with Gasteiger partial charge in [-0.3, -0.25) is 0 Å². The Bertz CT molecular complexity index is 638. The standard InChI is InChI=1S/C17H21FN2S/c1-17(2,3)19-10-14-15(11-8-9-11)20-16(21-14)12-6-4-5-7-13(12)18/h4-7,11,19H,8-10H2,1-3H3. The van der Waals surface area contributed by atoms with Gasteiger partial charge in [-0.1, -0.05) is 12.1 Å². The number of aromatic nitrogens is 1. The van der Waals surface area contributed by atoms with Crippen LogP contribution in [0.4, 0.5) is 4.39 Å². The summed E-state index contributed by atoms with van der Waals surface area (Å²) in [6.07, 6.45) is 2.42. The van der Waals surface area contributed by atoms with Gasteiger partial charge in [0.2, 0.25) is 0 Å². The number of rotatable bonds is 4. The van der Waals surface area contributed by atoms with E-state index in [2.05, 4.69) is 26.1 Å². The van der Waals surface area contributed by atoms with E-state index in [-0.39, 0.29) is 11.4 Å². The van der Waals surface area contributed by atoms with E-state index >= 15 is 0 Å². The zero-order valence-corrected chi connectivity index (χ0v) is 13.6. The molecule has 112 valence electrons. The average Bonchev–Trinajstić information content (AvgIpc) is 3.17. The predicted molar refractivity (Wildman–Crippen MR) is 86.1 cm³/mol. The van der Waals surface area contributed by atoms with Crippen LogP contribution in [0.15, 0.2) is 24.3 Å². The van der Waals surface area contributed by atoms with E-state index in [0.717, 1.165) is 11.6 Å². The predicted octanol–water partition coefficient (Wildman–Crippen LogP) is 4.71. The summed E-state index contributed by atoms with van der Waals surface area (Å²) in [6, 6.07) is 6.90. The second kappa shape index (κ2) is 5.50. The van der Waals surface area contributed by atoms with Gasteiger partial charge in [0.05, 0.1) is 5.69 Å². The number of benzene rings is 1. The minimum atomic E-state index is -0.191. The van der Waals surface area contributed by atoms with Gasteiger partial charge in [-0.15, -0.1) is 11.3 Å². The molecule has 4 heteroatoms. The summed E-state index contributed by atoms with van der Waals surface area (Å²) in [7, 11) is 0. The van der Waals surface area contributed by atoms with Crippen molar-refractivity contribution in [3.05, 3.63) is 40.7 Å². The molecule has 0 aliphatic heterocycles. The lowest BCUT2D eigenvalue weighted by molar-refractivity contribution is 0.425. The Morgan fingerprint density at radius 1 is 1.29 bits per heavy atom. The summed E-state index contributed by atoms with van der Waals surface area (Å²) >= 11 is 1.62. The Morgan fingerprint density at radius 3 is 2.62 bits per heavy atom. The van der Waals surface area contributed by atoms with Crippen molar-refractivity contribution in [1.29, 1.82) is 0 Å². The van der Waals surface area contributed by atoms with Crippen molar-refractivity contribution in [1.82, 2.24) is 10.3 Å². The highest BCUT2D eigenvalue weighted by Crippen LogP contribution is 2.44. The molecule has 1 saturated carbocycles. The smallest absolute Gasteiger partial charge is 0.133 e.